The number of halogens is 1. The third-order valence-corrected chi connectivity index (χ3v) is 3.89. The summed E-state index contributed by atoms with van der Waals surface area (Å²) >= 11 is 7.85. The largest absolute Gasteiger partial charge is 0.486 e. The van der Waals surface area contributed by atoms with E-state index in [0.717, 1.165) is 22.1 Å². The van der Waals surface area contributed by atoms with E-state index in [4.69, 9.17) is 21.1 Å². The highest BCUT2D eigenvalue weighted by Gasteiger charge is 2.15. The molecular weight excluding hydrogens is 284 g/mol. The number of hydrogen-bond donors (Lipinski definition) is 1. The Morgan fingerprint density at radius 2 is 2.05 bits per heavy atom. The second kappa shape index (κ2) is 5.27. The molecular formula is C13H13ClN2O2S. The van der Waals surface area contributed by atoms with Crippen molar-refractivity contribution in [2.45, 2.75) is 13.5 Å². The van der Waals surface area contributed by atoms with E-state index in [9.17, 15) is 0 Å². The summed E-state index contributed by atoms with van der Waals surface area (Å²) in [5.74, 6) is 1.43. The number of rotatable bonds is 3. The topological polar surface area (TPSA) is 43.4 Å². The molecule has 3 rings (SSSR count). The minimum absolute atomic E-state index is 0.564. The van der Waals surface area contributed by atoms with Crippen LogP contribution in [0.1, 0.15) is 10.7 Å². The fourth-order valence-electron chi connectivity index (χ4n) is 1.87. The molecule has 4 nitrogen and oxygen atoms in total. The van der Waals surface area contributed by atoms with Crippen LogP contribution in [-0.4, -0.2) is 18.2 Å². The Balaban J connectivity index is 1.77. The number of aromatic nitrogens is 1. The van der Waals surface area contributed by atoms with Crippen molar-refractivity contribution in [3.8, 4) is 11.5 Å². The molecule has 0 fully saturated rings. The fraction of sp³-hybridized carbons (Fsp3) is 0.308. The van der Waals surface area contributed by atoms with Crippen LogP contribution in [0.25, 0.3) is 0 Å². The van der Waals surface area contributed by atoms with Crippen LogP contribution in [0.15, 0.2) is 17.5 Å². The van der Waals surface area contributed by atoms with Crippen molar-refractivity contribution < 1.29 is 9.47 Å². The number of hydrogen-bond acceptors (Lipinski definition) is 5. The highest BCUT2D eigenvalue weighted by molar-refractivity contribution is 7.09. The van der Waals surface area contributed by atoms with Crippen LogP contribution in [0, 0.1) is 6.92 Å². The maximum absolute atomic E-state index is 6.22. The summed E-state index contributed by atoms with van der Waals surface area (Å²) in [5, 5.41) is 6.99. The third-order valence-electron chi connectivity index (χ3n) is 2.76. The van der Waals surface area contributed by atoms with Crippen LogP contribution < -0.4 is 14.8 Å². The predicted octanol–water partition coefficient (Wildman–Crippen LogP) is 3.49. The molecule has 1 aliphatic heterocycles. The molecule has 1 aliphatic rings. The summed E-state index contributed by atoms with van der Waals surface area (Å²) < 4.78 is 11.0. The number of ether oxygens (including phenoxy) is 2. The van der Waals surface area contributed by atoms with Crippen molar-refractivity contribution in [2.75, 3.05) is 18.5 Å². The number of anilines is 1. The molecule has 0 spiro atoms. The van der Waals surface area contributed by atoms with E-state index in [-0.39, 0.29) is 0 Å². The number of thiazole rings is 1. The Morgan fingerprint density at radius 1 is 1.32 bits per heavy atom. The Bertz CT molecular complexity index is 600. The molecule has 0 unspecified atom stereocenters. The molecule has 0 saturated carbocycles. The molecule has 19 heavy (non-hydrogen) atoms. The second-order valence-electron chi connectivity index (χ2n) is 4.19. The number of fused-ring (bicyclic) bond motifs is 1. The van der Waals surface area contributed by atoms with Gasteiger partial charge in [-0.2, -0.15) is 0 Å². The van der Waals surface area contributed by atoms with E-state index < -0.39 is 0 Å². The average Bonchev–Trinajstić information content (AvgIpc) is 2.82. The molecule has 6 heteroatoms. The Labute approximate surface area is 120 Å². The van der Waals surface area contributed by atoms with Crippen molar-refractivity contribution in [1.82, 2.24) is 4.98 Å². The first-order valence-corrected chi connectivity index (χ1v) is 7.22. The van der Waals surface area contributed by atoms with Gasteiger partial charge in [0, 0.05) is 17.5 Å². The van der Waals surface area contributed by atoms with E-state index in [1.54, 1.807) is 17.4 Å². The van der Waals surface area contributed by atoms with Gasteiger partial charge >= 0.3 is 0 Å². The number of benzene rings is 1. The van der Waals surface area contributed by atoms with Gasteiger partial charge < -0.3 is 14.8 Å². The molecule has 2 heterocycles. The summed E-state index contributed by atoms with van der Waals surface area (Å²) in [4.78, 5) is 4.40. The van der Waals surface area contributed by atoms with Gasteiger partial charge in [-0.3, -0.25) is 0 Å². The molecule has 0 aliphatic carbocycles. The molecule has 2 aromatic rings. The molecule has 0 bridgehead atoms. The zero-order valence-corrected chi connectivity index (χ0v) is 12.0. The van der Waals surface area contributed by atoms with Gasteiger partial charge in [-0.05, 0) is 6.92 Å². The summed E-state index contributed by atoms with van der Waals surface area (Å²) in [7, 11) is 0. The molecule has 0 atom stereocenters. The van der Waals surface area contributed by atoms with Crippen molar-refractivity contribution in [1.29, 1.82) is 0 Å². The molecule has 0 saturated heterocycles. The molecule has 1 N–H and O–H groups in total. The zero-order chi connectivity index (χ0) is 13.2. The van der Waals surface area contributed by atoms with Gasteiger partial charge in [0.25, 0.3) is 0 Å². The third kappa shape index (κ3) is 2.77. The maximum Gasteiger partial charge on any atom is 0.163 e. The van der Waals surface area contributed by atoms with Gasteiger partial charge in [0.1, 0.15) is 13.2 Å². The lowest BCUT2D eigenvalue weighted by molar-refractivity contribution is 0.171. The molecule has 1 aromatic carbocycles. The molecule has 0 amide bonds. The van der Waals surface area contributed by atoms with Crippen LogP contribution >= 0.6 is 22.9 Å². The minimum atomic E-state index is 0.564. The van der Waals surface area contributed by atoms with Gasteiger partial charge in [0.2, 0.25) is 0 Å². The van der Waals surface area contributed by atoms with E-state index in [1.165, 1.54) is 0 Å². The van der Waals surface area contributed by atoms with Crippen LogP contribution in [0.2, 0.25) is 5.02 Å². The lowest BCUT2D eigenvalue weighted by Crippen LogP contribution is -2.15. The van der Waals surface area contributed by atoms with E-state index in [0.29, 0.717) is 30.5 Å². The minimum Gasteiger partial charge on any atom is -0.486 e. The maximum atomic E-state index is 6.22. The van der Waals surface area contributed by atoms with Gasteiger partial charge in [-0.25, -0.2) is 4.98 Å². The summed E-state index contributed by atoms with van der Waals surface area (Å²) in [6, 6.07) is 3.65. The lowest BCUT2D eigenvalue weighted by Gasteiger charge is -2.20. The Morgan fingerprint density at radius 3 is 2.74 bits per heavy atom. The number of nitrogens with zero attached hydrogens (tertiary/aromatic N) is 1. The summed E-state index contributed by atoms with van der Waals surface area (Å²) in [6.45, 7) is 3.77. The highest BCUT2D eigenvalue weighted by atomic mass is 35.5. The zero-order valence-electron chi connectivity index (χ0n) is 10.4. The molecule has 0 radical (unpaired) electrons. The SMILES string of the molecule is Cc1nc(CNc2cc3c(cc2Cl)OCCO3)cs1. The fourth-order valence-corrected chi connectivity index (χ4v) is 2.71. The Kier molecular flexibility index (Phi) is 3.48. The lowest BCUT2D eigenvalue weighted by atomic mass is 10.2. The van der Waals surface area contributed by atoms with Crippen molar-refractivity contribution >= 4 is 28.6 Å². The number of nitrogens with one attached hydrogen (secondary N) is 1. The summed E-state index contributed by atoms with van der Waals surface area (Å²) in [5.41, 5.74) is 1.84. The summed E-state index contributed by atoms with van der Waals surface area (Å²) in [6.07, 6.45) is 0. The number of aryl methyl sites for hydroxylation is 1. The predicted molar refractivity (Wildman–Crippen MR) is 76.6 cm³/mol. The Hall–Kier alpha value is -1.46. The van der Waals surface area contributed by atoms with Crippen molar-refractivity contribution in [2.24, 2.45) is 0 Å². The van der Waals surface area contributed by atoms with Gasteiger partial charge in [-0.15, -0.1) is 11.3 Å². The highest BCUT2D eigenvalue weighted by Crippen LogP contribution is 2.38. The van der Waals surface area contributed by atoms with Crippen LogP contribution in [0.3, 0.4) is 0 Å². The first kappa shape index (κ1) is 12.6. The van der Waals surface area contributed by atoms with Crippen LogP contribution in [-0.2, 0) is 6.54 Å². The van der Waals surface area contributed by atoms with E-state index in [2.05, 4.69) is 10.3 Å². The monoisotopic (exact) mass is 296 g/mol. The normalized spacial score (nSPS) is 13.4. The van der Waals surface area contributed by atoms with Gasteiger partial charge in [0.15, 0.2) is 11.5 Å². The van der Waals surface area contributed by atoms with Gasteiger partial charge in [-0.1, -0.05) is 11.6 Å². The van der Waals surface area contributed by atoms with E-state index in [1.807, 2.05) is 18.4 Å². The second-order valence-corrected chi connectivity index (χ2v) is 5.66. The smallest absolute Gasteiger partial charge is 0.163 e. The first-order chi connectivity index (χ1) is 9.22. The van der Waals surface area contributed by atoms with Crippen LogP contribution in [0.5, 0.6) is 11.5 Å². The van der Waals surface area contributed by atoms with E-state index >= 15 is 0 Å². The molecule has 1 aromatic heterocycles. The van der Waals surface area contributed by atoms with Crippen molar-refractivity contribution in [3.05, 3.63) is 33.2 Å². The standard InChI is InChI=1S/C13H13ClN2O2S/c1-8-16-9(7-19-8)6-15-11-5-13-12(4-10(11)14)17-2-3-18-13/h4-5,7,15H,2-3,6H2,1H3. The first-order valence-electron chi connectivity index (χ1n) is 5.96. The average molecular weight is 297 g/mol. The van der Waals surface area contributed by atoms with Crippen LogP contribution in [0.4, 0.5) is 5.69 Å². The molecule has 100 valence electrons. The quantitative estimate of drug-likeness (QED) is 0.941. The van der Waals surface area contributed by atoms with Gasteiger partial charge in [0.05, 0.1) is 28.0 Å². The van der Waals surface area contributed by atoms with Crippen molar-refractivity contribution in [3.63, 3.8) is 0 Å².